The fourth-order valence-corrected chi connectivity index (χ4v) is 2.34. The third-order valence-electron chi connectivity index (χ3n) is 2.89. The van der Waals surface area contributed by atoms with Crippen molar-refractivity contribution in [3.05, 3.63) is 16.1 Å². The molecule has 0 saturated heterocycles. The largest absolute Gasteiger partial charge is 0.461 e. The van der Waals surface area contributed by atoms with Crippen LogP contribution in [-0.4, -0.2) is 36.6 Å². The molecule has 1 heterocycles. The van der Waals surface area contributed by atoms with E-state index in [2.05, 4.69) is 15.6 Å². The predicted octanol–water partition coefficient (Wildman–Crippen LogP) is 1.78. The minimum absolute atomic E-state index is 0. The third kappa shape index (κ3) is 7.40. The van der Waals surface area contributed by atoms with E-state index in [0.717, 1.165) is 12.5 Å². The Morgan fingerprint density at radius 1 is 1.41 bits per heavy atom. The molecule has 0 unspecified atom stereocenters. The van der Waals surface area contributed by atoms with Crippen molar-refractivity contribution in [1.29, 1.82) is 0 Å². The number of nitrogens with one attached hydrogen (secondary N) is 2. The van der Waals surface area contributed by atoms with Crippen LogP contribution in [0.15, 0.2) is 5.38 Å². The number of amides is 1. The van der Waals surface area contributed by atoms with Crippen molar-refractivity contribution in [2.45, 2.75) is 26.3 Å². The molecule has 0 radical (unpaired) electrons. The maximum Gasteiger partial charge on any atom is 0.357 e. The number of hydrogen-bond acceptors (Lipinski definition) is 6. The van der Waals surface area contributed by atoms with E-state index in [0.29, 0.717) is 30.4 Å². The fraction of sp³-hybridized carbons (Fsp3) is 0.615. The van der Waals surface area contributed by atoms with E-state index < -0.39 is 5.97 Å². The summed E-state index contributed by atoms with van der Waals surface area (Å²) in [6.07, 6.45) is 2.54. The highest BCUT2D eigenvalue weighted by Crippen LogP contribution is 2.27. The van der Waals surface area contributed by atoms with Gasteiger partial charge in [0.25, 0.3) is 0 Å². The third-order valence-corrected chi connectivity index (χ3v) is 3.74. The van der Waals surface area contributed by atoms with E-state index in [1.165, 1.54) is 24.2 Å². The van der Waals surface area contributed by atoms with Crippen LogP contribution in [0.3, 0.4) is 0 Å². The lowest BCUT2D eigenvalue weighted by atomic mass is 10.4. The average Bonchev–Trinajstić information content (AvgIpc) is 3.12. The predicted molar refractivity (Wildman–Crippen MR) is 90.0 cm³/mol. The van der Waals surface area contributed by atoms with E-state index in [-0.39, 0.29) is 30.7 Å². The topological polar surface area (TPSA) is 80.3 Å². The quantitative estimate of drug-likeness (QED) is 0.682. The Kier molecular flexibility index (Phi) is 10.3. The maximum atomic E-state index is 11.6. The molecule has 1 saturated carbocycles. The number of rotatable bonds is 8. The second-order valence-electron chi connectivity index (χ2n) is 4.70. The second kappa shape index (κ2) is 10.8. The molecule has 2 N–H and O–H groups in total. The van der Waals surface area contributed by atoms with Gasteiger partial charge in [-0.25, -0.2) is 9.78 Å². The highest BCUT2D eigenvalue weighted by atomic mass is 35.5. The molecule has 6 nitrogen and oxygen atoms in total. The first kappa shape index (κ1) is 21.1. The molecule has 1 aliphatic carbocycles. The number of halogens is 2. The first-order valence-corrected chi connectivity index (χ1v) is 7.66. The fourth-order valence-electron chi connectivity index (χ4n) is 1.64. The van der Waals surface area contributed by atoms with E-state index in [1.807, 2.05) is 0 Å². The number of nitrogens with zero attached hydrogens (tertiary/aromatic N) is 1. The van der Waals surface area contributed by atoms with Crippen molar-refractivity contribution in [3.8, 4) is 0 Å². The number of aromatic nitrogens is 1. The number of hydrogen-bond donors (Lipinski definition) is 2. The summed E-state index contributed by atoms with van der Waals surface area (Å²) >= 11 is 1.34. The highest BCUT2D eigenvalue weighted by molar-refractivity contribution is 7.09. The molecule has 0 atom stereocenters. The van der Waals surface area contributed by atoms with Crippen molar-refractivity contribution in [2.24, 2.45) is 5.92 Å². The summed E-state index contributed by atoms with van der Waals surface area (Å²) in [5.74, 6) is 0.278. The smallest absolute Gasteiger partial charge is 0.357 e. The molecule has 126 valence electrons. The lowest BCUT2D eigenvalue weighted by Gasteiger charge is -2.04. The summed E-state index contributed by atoms with van der Waals surface area (Å²) in [6.45, 7) is 3.66. The van der Waals surface area contributed by atoms with Crippen LogP contribution in [0.2, 0.25) is 0 Å². The summed E-state index contributed by atoms with van der Waals surface area (Å²) in [6, 6.07) is 0. The van der Waals surface area contributed by atoms with E-state index in [1.54, 1.807) is 12.3 Å². The summed E-state index contributed by atoms with van der Waals surface area (Å²) in [7, 11) is 0. The van der Waals surface area contributed by atoms with Gasteiger partial charge in [-0.1, -0.05) is 0 Å². The molecule has 0 bridgehead atoms. The average molecular weight is 370 g/mol. The molecule has 1 aromatic rings. The van der Waals surface area contributed by atoms with Crippen LogP contribution in [0.1, 0.15) is 35.3 Å². The summed E-state index contributed by atoms with van der Waals surface area (Å²) < 4.78 is 4.86. The molecule has 1 aromatic heterocycles. The van der Waals surface area contributed by atoms with Gasteiger partial charge in [0.15, 0.2) is 5.69 Å². The van der Waals surface area contributed by atoms with E-state index in [4.69, 9.17) is 4.74 Å². The van der Waals surface area contributed by atoms with Crippen molar-refractivity contribution in [3.63, 3.8) is 0 Å². The molecule has 0 aromatic carbocycles. The highest BCUT2D eigenvalue weighted by Gasteiger charge is 2.20. The molecule has 1 aliphatic rings. The summed E-state index contributed by atoms with van der Waals surface area (Å²) in [5.41, 5.74) is 0.299. The summed E-state index contributed by atoms with van der Waals surface area (Å²) in [5, 5.41) is 8.23. The van der Waals surface area contributed by atoms with Crippen molar-refractivity contribution in [1.82, 2.24) is 15.6 Å². The van der Waals surface area contributed by atoms with Gasteiger partial charge in [-0.2, -0.15) is 0 Å². The monoisotopic (exact) mass is 369 g/mol. The van der Waals surface area contributed by atoms with Crippen molar-refractivity contribution in [2.75, 3.05) is 19.7 Å². The molecule has 9 heteroatoms. The zero-order valence-electron chi connectivity index (χ0n) is 12.3. The van der Waals surface area contributed by atoms with Gasteiger partial charge in [-0.3, -0.25) is 4.79 Å². The van der Waals surface area contributed by atoms with Gasteiger partial charge in [-0.05, 0) is 32.2 Å². The SMILES string of the molecule is CCOC(=O)c1csc(CNC(=O)CNCC2CC2)n1.Cl.Cl. The Morgan fingerprint density at radius 3 is 2.77 bits per heavy atom. The standard InChI is InChI=1S/C13H19N3O3S.2ClH/c1-2-19-13(18)10-8-20-12(16-10)7-15-11(17)6-14-5-9-3-4-9;;/h8-9,14H,2-7H2,1H3,(H,15,17);2*1H. The summed E-state index contributed by atoms with van der Waals surface area (Å²) in [4.78, 5) is 27.1. The second-order valence-corrected chi connectivity index (χ2v) is 5.64. The van der Waals surface area contributed by atoms with Crippen LogP contribution in [0.5, 0.6) is 0 Å². The van der Waals surface area contributed by atoms with Crippen LogP contribution >= 0.6 is 36.2 Å². The van der Waals surface area contributed by atoms with Crippen molar-refractivity contribution >= 4 is 48.0 Å². The molecule has 2 rings (SSSR count). The minimum Gasteiger partial charge on any atom is -0.461 e. The van der Waals surface area contributed by atoms with Crippen LogP contribution in [0.25, 0.3) is 0 Å². The normalized spacial score (nSPS) is 12.8. The molecule has 1 fully saturated rings. The first-order valence-electron chi connectivity index (χ1n) is 6.78. The molecule has 1 amide bonds. The molecule has 0 spiro atoms. The molecular formula is C13H21Cl2N3O3S. The van der Waals surface area contributed by atoms with Crippen LogP contribution in [0, 0.1) is 5.92 Å². The Labute approximate surface area is 146 Å². The number of carbonyl (C=O) groups excluding carboxylic acids is 2. The number of thiazole rings is 1. The van der Waals surface area contributed by atoms with Gasteiger partial charge in [0.1, 0.15) is 5.01 Å². The van der Waals surface area contributed by atoms with Gasteiger partial charge < -0.3 is 15.4 Å². The van der Waals surface area contributed by atoms with Gasteiger partial charge >= 0.3 is 5.97 Å². The number of ether oxygens (including phenoxy) is 1. The van der Waals surface area contributed by atoms with Gasteiger partial charge in [-0.15, -0.1) is 36.2 Å². The zero-order chi connectivity index (χ0) is 14.4. The van der Waals surface area contributed by atoms with Crippen molar-refractivity contribution < 1.29 is 14.3 Å². The zero-order valence-corrected chi connectivity index (χ0v) is 14.7. The van der Waals surface area contributed by atoms with E-state index >= 15 is 0 Å². The number of carbonyl (C=O) groups is 2. The first-order chi connectivity index (χ1) is 9.69. The van der Waals surface area contributed by atoms with Gasteiger partial charge in [0.2, 0.25) is 5.91 Å². The lowest BCUT2D eigenvalue weighted by molar-refractivity contribution is -0.120. The van der Waals surface area contributed by atoms with Gasteiger partial charge in [0.05, 0.1) is 19.7 Å². The van der Waals surface area contributed by atoms with Crippen LogP contribution in [0.4, 0.5) is 0 Å². The Morgan fingerprint density at radius 2 is 2.14 bits per heavy atom. The molecule has 0 aliphatic heterocycles. The molecule has 22 heavy (non-hydrogen) atoms. The number of esters is 1. The lowest BCUT2D eigenvalue weighted by Crippen LogP contribution is -2.34. The van der Waals surface area contributed by atoms with Gasteiger partial charge in [0, 0.05) is 5.38 Å². The van der Waals surface area contributed by atoms with Crippen LogP contribution in [-0.2, 0) is 16.1 Å². The van der Waals surface area contributed by atoms with E-state index in [9.17, 15) is 9.59 Å². The maximum absolute atomic E-state index is 11.6. The Hall–Kier alpha value is -0.890. The van der Waals surface area contributed by atoms with Crippen LogP contribution < -0.4 is 10.6 Å². The minimum atomic E-state index is -0.424. The Bertz CT molecular complexity index is 481. The Balaban J connectivity index is 0.00000220. The molecular weight excluding hydrogens is 349 g/mol.